The molecule has 0 bridgehead atoms. The first kappa shape index (κ1) is 16.0. The van der Waals surface area contributed by atoms with Gasteiger partial charge in [-0.3, -0.25) is 0 Å². The van der Waals surface area contributed by atoms with Crippen molar-refractivity contribution in [2.45, 2.75) is 13.0 Å². The van der Waals surface area contributed by atoms with Gasteiger partial charge in [0.2, 0.25) is 0 Å². The van der Waals surface area contributed by atoms with Crippen molar-refractivity contribution in [3.05, 3.63) is 78.5 Å². The van der Waals surface area contributed by atoms with E-state index in [0.717, 1.165) is 22.2 Å². The van der Waals surface area contributed by atoms with E-state index in [2.05, 4.69) is 6.58 Å². The van der Waals surface area contributed by atoms with Crippen molar-refractivity contribution >= 4 is 16.9 Å². The number of aliphatic hydroxyl groups is 1. The molecule has 0 aliphatic carbocycles. The Bertz CT molecular complexity index is 895. The second-order valence-corrected chi connectivity index (χ2v) is 5.42. The maximum atomic E-state index is 12.4. The zero-order valence-corrected chi connectivity index (χ0v) is 13.5. The number of fused-ring (bicyclic) bond motifs is 1. The fraction of sp³-hybridized carbons (Fsp3) is 0.150. The van der Waals surface area contributed by atoms with E-state index in [9.17, 15) is 9.90 Å². The van der Waals surface area contributed by atoms with Gasteiger partial charge in [-0.2, -0.15) is 0 Å². The number of carbonyl (C=O) groups excluding carboxylic acids is 1. The largest absolute Gasteiger partial charge is 0.461 e. The number of esters is 1. The molecule has 24 heavy (non-hydrogen) atoms. The second-order valence-electron chi connectivity index (χ2n) is 5.42. The van der Waals surface area contributed by atoms with E-state index in [4.69, 9.17) is 4.74 Å². The van der Waals surface area contributed by atoms with E-state index in [0.29, 0.717) is 12.3 Å². The summed E-state index contributed by atoms with van der Waals surface area (Å²) in [4.78, 5) is 12.4. The predicted octanol–water partition coefficient (Wildman–Crippen LogP) is 4.03. The van der Waals surface area contributed by atoms with Crippen LogP contribution < -0.4 is 0 Å². The Morgan fingerprint density at radius 1 is 1.25 bits per heavy atom. The first-order valence-electron chi connectivity index (χ1n) is 7.84. The molecule has 1 atom stereocenters. The van der Waals surface area contributed by atoms with Gasteiger partial charge in [0.1, 0.15) is 5.69 Å². The Labute approximate surface area is 140 Å². The van der Waals surface area contributed by atoms with Crippen LogP contribution in [0.4, 0.5) is 0 Å². The number of para-hydroxylation sites is 1. The third-order valence-electron chi connectivity index (χ3n) is 3.89. The van der Waals surface area contributed by atoms with Crippen LogP contribution >= 0.6 is 0 Å². The van der Waals surface area contributed by atoms with E-state index >= 15 is 0 Å². The van der Waals surface area contributed by atoms with Gasteiger partial charge in [-0.15, -0.1) is 6.58 Å². The highest BCUT2D eigenvalue weighted by molar-refractivity contribution is 5.97. The van der Waals surface area contributed by atoms with Crippen LogP contribution in [0.5, 0.6) is 0 Å². The molecule has 1 heterocycles. The zero-order chi connectivity index (χ0) is 17.1. The Hall–Kier alpha value is -2.85. The standard InChI is InChI=1S/C20H19NO3/c1-3-19(22)15-9-7-10-16(12-15)21-17-11-6-5-8-14(17)13-18(21)20(23)24-4-2/h3,5-13,19,22H,1,4H2,2H3. The fourth-order valence-electron chi connectivity index (χ4n) is 2.77. The van der Waals surface area contributed by atoms with Crippen molar-refractivity contribution in [2.75, 3.05) is 6.61 Å². The van der Waals surface area contributed by atoms with E-state index in [1.54, 1.807) is 6.92 Å². The van der Waals surface area contributed by atoms with Crippen molar-refractivity contribution < 1.29 is 14.6 Å². The quantitative estimate of drug-likeness (QED) is 0.570. The predicted molar refractivity (Wildman–Crippen MR) is 94.4 cm³/mol. The summed E-state index contributed by atoms with van der Waals surface area (Å²) >= 11 is 0. The van der Waals surface area contributed by atoms with Crippen LogP contribution in [0.2, 0.25) is 0 Å². The highest BCUT2D eigenvalue weighted by Gasteiger charge is 2.18. The molecule has 1 aromatic heterocycles. The van der Waals surface area contributed by atoms with E-state index in [1.807, 2.05) is 59.2 Å². The molecule has 3 aromatic rings. The number of rotatable bonds is 5. The molecule has 3 rings (SSSR count). The Balaban J connectivity index is 2.22. The number of aliphatic hydroxyl groups excluding tert-OH is 1. The maximum Gasteiger partial charge on any atom is 0.355 e. The van der Waals surface area contributed by atoms with Crippen molar-refractivity contribution in [3.8, 4) is 5.69 Å². The summed E-state index contributed by atoms with van der Waals surface area (Å²) in [6.07, 6.45) is 0.719. The Kier molecular flexibility index (Phi) is 4.49. The molecule has 4 nitrogen and oxygen atoms in total. The molecular weight excluding hydrogens is 302 g/mol. The highest BCUT2D eigenvalue weighted by atomic mass is 16.5. The topological polar surface area (TPSA) is 51.5 Å². The minimum atomic E-state index is -0.752. The lowest BCUT2D eigenvalue weighted by atomic mass is 10.1. The van der Waals surface area contributed by atoms with Gasteiger partial charge < -0.3 is 14.4 Å². The number of nitrogens with zero attached hydrogens (tertiary/aromatic N) is 1. The van der Waals surface area contributed by atoms with Crippen LogP contribution in [0.25, 0.3) is 16.6 Å². The Morgan fingerprint density at radius 2 is 2.04 bits per heavy atom. The lowest BCUT2D eigenvalue weighted by Crippen LogP contribution is -2.11. The number of carbonyl (C=O) groups is 1. The molecule has 0 saturated carbocycles. The molecule has 4 heteroatoms. The third-order valence-corrected chi connectivity index (χ3v) is 3.89. The number of aromatic nitrogens is 1. The summed E-state index contributed by atoms with van der Waals surface area (Å²) in [6.45, 7) is 5.72. The van der Waals surface area contributed by atoms with Gasteiger partial charge in [0.05, 0.1) is 18.2 Å². The molecule has 0 radical (unpaired) electrons. The average molecular weight is 321 g/mol. The van der Waals surface area contributed by atoms with Crippen molar-refractivity contribution in [3.63, 3.8) is 0 Å². The van der Waals surface area contributed by atoms with Gasteiger partial charge in [-0.05, 0) is 36.8 Å². The van der Waals surface area contributed by atoms with Gasteiger partial charge in [0.25, 0.3) is 0 Å². The van der Waals surface area contributed by atoms with Crippen LogP contribution in [0.15, 0.2) is 67.3 Å². The summed E-state index contributed by atoms with van der Waals surface area (Å²) < 4.78 is 7.05. The number of hydrogen-bond donors (Lipinski definition) is 1. The van der Waals surface area contributed by atoms with Crippen molar-refractivity contribution in [2.24, 2.45) is 0 Å². The molecule has 0 spiro atoms. The van der Waals surface area contributed by atoms with Crippen LogP contribution in [-0.2, 0) is 4.74 Å². The smallest absolute Gasteiger partial charge is 0.355 e. The number of benzene rings is 2. The van der Waals surface area contributed by atoms with Gasteiger partial charge in [-0.25, -0.2) is 4.79 Å². The summed E-state index contributed by atoms with van der Waals surface area (Å²) in [7, 11) is 0. The van der Waals surface area contributed by atoms with Crippen LogP contribution in [-0.4, -0.2) is 22.2 Å². The lowest BCUT2D eigenvalue weighted by Gasteiger charge is -2.13. The van der Waals surface area contributed by atoms with Gasteiger partial charge >= 0.3 is 5.97 Å². The van der Waals surface area contributed by atoms with Crippen molar-refractivity contribution in [1.29, 1.82) is 0 Å². The summed E-state index contributed by atoms with van der Waals surface area (Å²) in [5.41, 5.74) is 2.88. The molecule has 1 unspecified atom stereocenters. The lowest BCUT2D eigenvalue weighted by molar-refractivity contribution is 0.0517. The molecule has 122 valence electrons. The van der Waals surface area contributed by atoms with Crippen LogP contribution in [0.1, 0.15) is 29.1 Å². The Morgan fingerprint density at radius 3 is 2.79 bits per heavy atom. The molecule has 0 saturated heterocycles. The highest BCUT2D eigenvalue weighted by Crippen LogP contribution is 2.27. The van der Waals surface area contributed by atoms with E-state index in [1.165, 1.54) is 6.08 Å². The van der Waals surface area contributed by atoms with Crippen LogP contribution in [0, 0.1) is 0 Å². The average Bonchev–Trinajstić information content (AvgIpc) is 3.01. The van der Waals surface area contributed by atoms with Crippen LogP contribution in [0.3, 0.4) is 0 Å². The monoisotopic (exact) mass is 321 g/mol. The summed E-state index contributed by atoms with van der Waals surface area (Å²) in [6, 6.07) is 17.0. The summed E-state index contributed by atoms with van der Waals surface area (Å²) in [5.74, 6) is -0.372. The second kappa shape index (κ2) is 6.72. The minimum absolute atomic E-state index is 0.315. The zero-order valence-electron chi connectivity index (χ0n) is 13.5. The van der Waals surface area contributed by atoms with Crippen molar-refractivity contribution in [1.82, 2.24) is 4.57 Å². The maximum absolute atomic E-state index is 12.4. The molecule has 0 amide bonds. The van der Waals surface area contributed by atoms with Gasteiger partial charge in [0.15, 0.2) is 0 Å². The first-order chi connectivity index (χ1) is 11.7. The molecule has 2 aromatic carbocycles. The SMILES string of the molecule is C=CC(O)c1cccc(-n2c(C(=O)OCC)cc3ccccc32)c1. The molecule has 0 aliphatic heterocycles. The molecule has 0 fully saturated rings. The molecule has 0 aliphatic rings. The molecular formula is C20H19NO3. The molecule has 1 N–H and O–H groups in total. The third kappa shape index (κ3) is 2.84. The van der Waals surface area contributed by atoms with Gasteiger partial charge in [0, 0.05) is 11.1 Å². The minimum Gasteiger partial charge on any atom is -0.461 e. The number of hydrogen-bond acceptors (Lipinski definition) is 3. The number of ether oxygens (including phenoxy) is 1. The summed E-state index contributed by atoms with van der Waals surface area (Å²) in [5, 5.41) is 11.0. The van der Waals surface area contributed by atoms with Gasteiger partial charge in [-0.1, -0.05) is 36.4 Å². The van der Waals surface area contributed by atoms with E-state index < -0.39 is 6.10 Å². The van der Waals surface area contributed by atoms with E-state index in [-0.39, 0.29) is 5.97 Å². The normalized spacial score (nSPS) is 12.1. The first-order valence-corrected chi connectivity index (χ1v) is 7.84. The fourth-order valence-corrected chi connectivity index (χ4v) is 2.77.